The van der Waals surface area contributed by atoms with Gasteiger partial charge in [-0.05, 0) is 34.6 Å². The number of hydrogen-bond donors (Lipinski definition) is 1. The highest BCUT2D eigenvalue weighted by molar-refractivity contribution is 5.95. The second kappa shape index (κ2) is 9.03. The van der Waals surface area contributed by atoms with Gasteiger partial charge in [-0.1, -0.05) is 75.4 Å². The maximum absolute atomic E-state index is 12.9. The standard InChI is InChI=1S/C27H31N3O/c1-27(2,3)24-11-9-21(10-12-24)22-15-23(17-28-16-22)26(31)29-25-13-14-30(19-25)18-20-7-5-4-6-8-20/h4-12,15-17,25H,13-14,18-19H2,1-3H3,(H,29,31)/t25-/m0/s1. The summed E-state index contributed by atoms with van der Waals surface area (Å²) in [7, 11) is 0. The van der Waals surface area contributed by atoms with Gasteiger partial charge in [-0.3, -0.25) is 14.7 Å². The molecule has 1 aromatic heterocycles. The summed E-state index contributed by atoms with van der Waals surface area (Å²) in [5, 5.41) is 3.20. The fraction of sp³-hybridized carbons (Fsp3) is 0.333. The van der Waals surface area contributed by atoms with Crippen molar-refractivity contribution in [2.75, 3.05) is 13.1 Å². The molecule has 1 atom stereocenters. The van der Waals surface area contributed by atoms with Gasteiger partial charge in [0.1, 0.15) is 0 Å². The summed E-state index contributed by atoms with van der Waals surface area (Å²) in [5.41, 5.74) is 5.37. The predicted molar refractivity (Wildman–Crippen MR) is 126 cm³/mol. The van der Waals surface area contributed by atoms with Crippen LogP contribution in [0.15, 0.2) is 73.1 Å². The molecule has 1 N–H and O–H groups in total. The Kier molecular flexibility index (Phi) is 6.19. The van der Waals surface area contributed by atoms with Crippen molar-refractivity contribution in [3.8, 4) is 11.1 Å². The van der Waals surface area contributed by atoms with Crippen LogP contribution in [0, 0.1) is 0 Å². The van der Waals surface area contributed by atoms with Crippen LogP contribution in [0.1, 0.15) is 48.7 Å². The fourth-order valence-corrected chi connectivity index (χ4v) is 4.09. The zero-order valence-electron chi connectivity index (χ0n) is 18.6. The van der Waals surface area contributed by atoms with E-state index in [9.17, 15) is 4.79 Å². The molecule has 0 spiro atoms. The minimum absolute atomic E-state index is 0.0489. The lowest BCUT2D eigenvalue weighted by molar-refractivity contribution is 0.0937. The Labute approximate surface area is 185 Å². The zero-order valence-corrected chi connectivity index (χ0v) is 18.6. The van der Waals surface area contributed by atoms with E-state index in [1.54, 1.807) is 6.20 Å². The van der Waals surface area contributed by atoms with Gasteiger partial charge < -0.3 is 5.32 Å². The van der Waals surface area contributed by atoms with Crippen LogP contribution in [-0.4, -0.2) is 34.9 Å². The molecule has 0 saturated carbocycles. The minimum Gasteiger partial charge on any atom is -0.348 e. The van der Waals surface area contributed by atoms with Crippen molar-refractivity contribution >= 4 is 5.91 Å². The first-order valence-corrected chi connectivity index (χ1v) is 11.0. The maximum Gasteiger partial charge on any atom is 0.253 e. The van der Waals surface area contributed by atoms with Crippen molar-refractivity contribution in [1.82, 2.24) is 15.2 Å². The monoisotopic (exact) mass is 413 g/mol. The number of benzene rings is 2. The van der Waals surface area contributed by atoms with Crippen molar-refractivity contribution in [1.29, 1.82) is 0 Å². The van der Waals surface area contributed by atoms with Gasteiger partial charge in [0.25, 0.3) is 5.91 Å². The Balaban J connectivity index is 1.38. The second-order valence-electron chi connectivity index (χ2n) is 9.47. The van der Waals surface area contributed by atoms with Crippen LogP contribution in [0.5, 0.6) is 0 Å². The van der Waals surface area contributed by atoms with Gasteiger partial charge in [-0.15, -0.1) is 0 Å². The highest BCUT2D eigenvalue weighted by Gasteiger charge is 2.24. The van der Waals surface area contributed by atoms with Crippen molar-refractivity contribution in [3.63, 3.8) is 0 Å². The number of amides is 1. The first kappa shape index (κ1) is 21.3. The van der Waals surface area contributed by atoms with Crippen LogP contribution >= 0.6 is 0 Å². The molecular formula is C27H31N3O. The molecule has 1 fully saturated rings. The van der Waals surface area contributed by atoms with E-state index in [0.717, 1.165) is 37.2 Å². The summed E-state index contributed by atoms with van der Waals surface area (Å²) < 4.78 is 0. The number of carbonyl (C=O) groups excluding carboxylic acids is 1. The third kappa shape index (κ3) is 5.39. The van der Waals surface area contributed by atoms with Crippen molar-refractivity contribution in [3.05, 3.63) is 89.7 Å². The van der Waals surface area contributed by atoms with Crippen LogP contribution in [-0.2, 0) is 12.0 Å². The molecule has 4 nitrogen and oxygen atoms in total. The van der Waals surface area contributed by atoms with Crippen LogP contribution in [0.4, 0.5) is 0 Å². The van der Waals surface area contributed by atoms with E-state index in [4.69, 9.17) is 0 Å². The Morgan fingerprint density at radius 3 is 2.48 bits per heavy atom. The van der Waals surface area contributed by atoms with Crippen molar-refractivity contribution in [2.24, 2.45) is 0 Å². The highest BCUT2D eigenvalue weighted by Crippen LogP contribution is 2.26. The quantitative estimate of drug-likeness (QED) is 0.637. The molecule has 1 aliphatic rings. The number of aromatic nitrogens is 1. The molecule has 4 heteroatoms. The summed E-state index contributed by atoms with van der Waals surface area (Å²) in [6.07, 6.45) is 4.44. The lowest BCUT2D eigenvalue weighted by Gasteiger charge is -2.19. The molecule has 1 aliphatic heterocycles. The Morgan fingerprint density at radius 2 is 1.77 bits per heavy atom. The number of likely N-dealkylation sites (tertiary alicyclic amines) is 1. The van der Waals surface area contributed by atoms with E-state index < -0.39 is 0 Å². The molecule has 0 unspecified atom stereocenters. The molecule has 1 saturated heterocycles. The predicted octanol–water partition coefficient (Wildman–Crippen LogP) is 5.05. The summed E-state index contributed by atoms with van der Waals surface area (Å²) in [4.78, 5) is 19.6. The van der Waals surface area contributed by atoms with Crippen LogP contribution in [0.25, 0.3) is 11.1 Å². The number of pyridine rings is 1. The van der Waals surface area contributed by atoms with Gasteiger partial charge in [0.2, 0.25) is 0 Å². The number of nitrogens with zero attached hydrogens (tertiary/aromatic N) is 2. The number of rotatable bonds is 5. The van der Waals surface area contributed by atoms with Gasteiger partial charge in [0, 0.05) is 43.6 Å². The summed E-state index contributed by atoms with van der Waals surface area (Å²) in [6, 6.07) is 21.1. The van der Waals surface area contributed by atoms with Crippen molar-refractivity contribution < 1.29 is 4.79 Å². The van der Waals surface area contributed by atoms with Crippen molar-refractivity contribution in [2.45, 2.75) is 45.2 Å². The normalized spacial score (nSPS) is 16.9. The molecule has 0 aliphatic carbocycles. The zero-order chi connectivity index (χ0) is 21.8. The Morgan fingerprint density at radius 1 is 1.03 bits per heavy atom. The SMILES string of the molecule is CC(C)(C)c1ccc(-c2cncc(C(=O)N[C@H]3CCN(Cc4ccccc4)C3)c2)cc1. The van der Waals surface area contributed by atoms with Gasteiger partial charge in [0.05, 0.1) is 5.56 Å². The third-order valence-corrected chi connectivity index (χ3v) is 5.94. The van der Waals surface area contributed by atoms with Crippen LogP contribution < -0.4 is 5.32 Å². The van der Waals surface area contributed by atoms with E-state index >= 15 is 0 Å². The highest BCUT2D eigenvalue weighted by atomic mass is 16.1. The fourth-order valence-electron chi connectivity index (χ4n) is 4.09. The summed E-state index contributed by atoms with van der Waals surface area (Å²) >= 11 is 0. The topological polar surface area (TPSA) is 45.2 Å². The molecule has 0 radical (unpaired) electrons. The van der Waals surface area contributed by atoms with Crippen LogP contribution in [0.2, 0.25) is 0 Å². The minimum atomic E-state index is -0.0489. The molecule has 4 rings (SSSR count). The maximum atomic E-state index is 12.9. The van der Waals surface area contributed by atoms with Crippen LogP contribution in [0.3, 0.4) is 0 Å². The molecule has 1 amide bonds. The molecule has 31 heavy (non-hydrogen) atoms. The Hall–Kier alpha value is -2.98. The first-order chi connectivity index (χ1) is 14.9. The average Bonchev–Trinajstić information content (AvgIpc) is 3.20. The largest absolute Gasteiger partial charge is 0.348 e. The number of carbonyl (C=O) groups is 1. The Bertz CT molecular complexity index is 1020. The number of nitrogens with one attached hydrogen (secondary N) is 1. The molecule has 2 aromatic carbocycles. The van der Waals surface area contributed by atoms with E-state index in [2.05, 4.69) is 84.5 Å². The van der Waals surface area contributed by atoms with Gasteiger partial charge >= 0.3 is 0 Å². The molecule has 0 bridgehead atoms. The molecule has 160 valence electrons. The first-order valence-electron chi connectivity index (χ1n) is 11.0. The van der Waals surface area contributed by atoms with E-state index in [-0.39, 0.29) is 17.4 Å². The number of hydrogen-bond acceptors (Lipinski definition) is 3. The lowest BCUT2D eigenvalue weighted by Crippen LogP contribution is -2.37. The second-order valence-corrected chi connectivity index (χ2v) is 9.47. The van der Waals surface area contributed by atoms with E-state index in [1.807, 2.05) is 18.3 Å². The van der Waals surface area contributed by atoms with Gasteiger partial charge in [-0.2, -0.15) is 0 Å². The molecular weight excluding hydrogens is 382 g/mol. The average molecular weight is 414 g/mol. The van der Waals surface area contributed by atoms with E-state index in [1.165, 1.54) is 11.1 Å². The lowest BCUT2D eigenvalue weighted by atomic mass is 9.86. The smallest absolute Gasteiger partial charge is 0.253 e. The third-order valence-electron chi connectivity index (χ3n) is 5.94. The summed E-state index contributed by atoms with van der Waals surface area (Å²) in [6.45, 7) is 9.42. The molecule has 2 heterocycles. The van der Waals surface area contributed by atoms with E-state index in [0.29, 0.717) is 5.56 Å². The van der Waals surface area contributed by atoms with Gasteiger partial charge in [-0.25, -0.2) is 0 Å². The molecule has 3 aromatic rings. The van der Waals surface area contributed by atoms with Gasteiger partial charge in [0.15, 0.2) is 0 Å². The summed E-state index contributed by atoms with van der Waals surface area (Å²) in [5.74, 6) is -0.0489.